The van der Waals surface area contributed by atoms with Crippen LogP contribution in [-0.2, 0) is 16.1 Å². The molecule has 2 heterocycles. The van der Waals surface area contributed by atoms with Gasteiger partial charge in [0, 0.05) is 17.7 Å². The fourth-order valence-electron chi connectivity index (χ4n) is 5.29. The van der Waals surface area contributed by atoms with Crippen LogP contribution in [0.25, 0.3) is 6.08 Å². The van der Waals surface area contributed by atoms with Crippen LogP contribution in [0.5, 0.6) is 17.2 Å². The second-order valence-corrected chi connectivity index (χ2v) is 12.4. The largest absolute Gasteiger partial charge is 0.491 e. The minimum absolute atomic E-state index is 0.0174. The van der Waals surface area contributed by atoms with Gasteiger partial charge >= 0.3 is 5.97 Å². The second-order valence-electron chi connectivity index (χ2n) is 11.0. The monoisotopic (exact) mass is 691 g/mol. The number of rotatable bonds is 12. The molecule has 0 saturated heterocycles. The predicted molar refractivity (Wildman–Crippen MR) is 183 cm³/mol. The first-order chi connectivity index (χ1) is 23.0. The number of benzene rings is 3. The van der Waals surface area contributed by atoms with E-state index in [-0.39, 0.29) is 46.9 Å². The molecule has 0 spiro atoms. The zero-order valence-corrected chi connectivity index (χ0v) is 28.6. The molecule has 1 aliphatic rings. The standard InChI is InChI=1S/C35H34ClN3O8S/c1-6-44-28-17-23(16-26(36)32(28)46-19-22-11-10-12-24(15-22)39(42)43)18-29-33(40)38-31(25-13-8-9-14-27(25)47-20(3)4)30(34(41)45-7-2)21(5)37-35(38)48-29/h8-18,20,31H,6-7,19H2,1-5H3/b29-18+/t31-/m0/s1. The first kappa shape index (κ1) is 34.4. The van der Waals surface area contributed by atoms with Gasteiger partial charge in [0.1, 0.15) is 18.4 Å². The summed E-state index contributed by atoms with van der Waals surface area (Å²) in [5, 5.41) is 11.4. The van der Waals surface area contributed by atoms with Crippen molar-refractivity contribution in [3.05, 3.63) is 123 Å². The highest BCUT2D eigenvalue weighted by Gasteiger charge is 2.35. The molecule has 0 fully saturated rings. The Morgan fingerprint density at radius 1 is 1.08 bits per heavy atom. The van der Waals surface area contributed by atoms with Crippen LogP contribution in [0.1, 0.15) is 57.4 Å². The lowest BCUT2D eigenvalue weighted by Crippen LogP contribution is -2.40. The van der Waals surface area contributed by atoms with Crippen LogP contribution in [0.15, 0.2) is 81.7 Å². The number of fused-ring (bicyclic) bond motifs is 1. The summed E-state index contributed by atoms with van der Waals surface area (Å²) < 4.78 is 25.2. The van der Waals surface area contributed by atoms with Crippen LogP contribution >= 0.6 is 22.9 Å². The Bertz CT molecular complexity index is 2090. The number of nitrogens with zero attached hydrogens (tertiary/aromatic N) is 3. The van der Waals surface area contributed by atoms with Crippen molar-refractivity contribution < 1.29 is 28.7 Å². The number of halogens is 1. The van der Waals surface area contributed by atoms with Crippen LogP contribution in [0.3, 0.4) is 0 Å². The third-order valence-electron chi connectivity index (χ3n) is 7.23. The number of non-ortho nitro benzene ring substituents is 1. The van der Waals surface area contributed by atoms with Gasteiger partial charge in [-0.3, -0.25) is 19.5 Å². The molecule has 4 aromatic rings. The van der Waals surface area contributed by atoms with Crippen LogP contribution in [-0.4, -0.2) is 34.8 Å². The number of allylic oxidation sites excluding steroid dienone is 1. The summed E-state index contributed by atoms with van der Waals surface area (Å²) in [7, 11) is 0. The van der Waals surface area contributed by atoms with Gasteiger partial charge in [0.15, 0.2) is 16.3 Å². The Balaban J connectivity index is 1.59. The highest BCUT2D eigenvalue weighted by Crippen LogP contribution is 2.38. The van der Waals surface area contributed by atoms with Gasteiger partial charge in [-0.15, -0.1) is 0 Å². The molecule has 0 N–H and O–H groups in total. The minimum Gasteiger partial charge on any atom is -0.491 e. The zero-order chi connectivity index (χ0) is 34.5. The van der Waals surface area contributed by atoms with Crippen LogP contribution < -0.4 is 29.1 Å². The molecule has 0 amide bonds. The number of esters is 1. The van der Waals surface area contributed by atoms with Gasteiger partial charge < -0.3 is 18.9 Å². The molecule has 1 atom stereocenters. The second kappa shape index (κ2) is 14.9. The molecule has 0 radical (unpaired) electrons. The van der Waals surface area contributed by atoms with E-state index in [1.807, 2.05) is 45.0 Å². The molecule has 11 nitrogen and oxygen atoms in total. The van der Waals surface area contributed by atoms with E-state index in [2.05, 4.69) is 4.99 Å². The van der Waals surface area contributed by atoms with Crippen LogP contribution in [0.2, 0.25) is 5.02 Å². The zero-order valence-electron chi connectivity index (χ0n) is 27.0. The van der Waals surface area contributed by atoms with E-state index in [4.69, 9.17) is 30.5 Å². The number of hydrogen-bond donors (Lipinski definition) is 0. The fraction of sp³-hybridized carbons (Fsp3) is 0.286. The van der Waals surface area contributed by atoms with Crippen molar-refractivity contribution >= 4 is 40.7 Å². The maximum Gasteiger partial charge on any atom is 0.338 e. The van der Waals surface area contributed by atoms with E-state index in [1.165, 1.54) is 28.0 Å². The van der Waals surface area contributed by atoms with E-state index >= 15 is 0 Å². The number of nitro groups is 1. The first-order valence-corrected chi connectivity index (χ1v) is 16.5. The normalized spacial score (nSPS) is 14.4. The summed E-state index contributed by atoms with van der Waals surface area (Å²) in [6.07, 6.45) is 1.53. The lowest BCUT2D eigenvalue weighted by atomic mass is 9.95. The summed E-state index contributed by atoms with van der Waals surface area (Å²) in [5.41, 5.74) is 2.06. The molecular formula is C35H34ClN3O8S. The highest BCUT2D eigenvalue weighted by molar-refractivity contribution is 7.07. The van der Waals surface area contributed by atoms with Gasteiger partial charge in [-0.05, 0) is 70.0 Å². The summed E-state index contributed by atoms with van der Waals surface area (Å²) in [4.78, 5) is 43.3. The molecule has 0 saturated carbocycles. The Kier molecular flexibility index (Phi) is 10.7. The third-order valence-corrected chi connectivity index (χ3v) is 8.49. The number of ether oxygens (including phenoxy) is 4. The van der Waals surface area contributed by atoms with Gasteiger partial charge in [0.25, 0.3) is 11.2 Å². The molecule has 48 heavy (non-hydrogen) atoms. The predicted octanol–water partition coefficient (Wildman–Crippen LogP) is 6.12. The Morgan fingerprint density at radius 3 is 2.56 bits per heavy atom. The van der Waals surface area contributed by atoms with Crippen molar-refractivity contribution in [2.24, 2.45) is 4.99 Å². The van der Waals surface area contributed by atoms with Gasteiger partial charge in [-0.25, -0.2) is 9.79 Å². The number of thiazole rings is 1. The summed E-state index contributed by atoms with van der Waals surface area (Å²) >= 11 is 7.86. The molecule has 1 aromatic heterocycles. The Labute approximate surface area is 285 Å². The van der Waals surface area contributed by atoms with Gasteiger partial charge in [-0.2, -0.15) is 0 Å². The average molecular weight is 692 g/mol. The lowest BCUT2D eigenvalue weighted by molar-refractivity contribution is -0.384. The quantitative estimate of drug-likeness (QED) is 0.0986. The molecule has 0 unspecified atom stereocenters. The van der Waals surface area contributed by atoms with Crippen molar-refractivity contribution in [2.45, 2.75) is 53.4 Å². The molecule has 0 bridgehead atoms. The molecule has 0 aliphatic carbocycles. The van der Waals surface area contributed by atoms with E-state index in [1.54, 1.807) is 44.2 Å². The lowest BCUT2D eigenvalue weighted by Gasteiger charge is -2.26. The van der Waals surface area contributed by atoms with Crippen LogP contribution in [0.4, 0.5) is 5.69 Å². The SMILES string of the molecule is CCOC(=O)C1=C(C)N=c2s/c(=C/c3cc(Cl)c(OCc4cccc([N+](=O)[O-])c4)c(OCC)c3)c(=O)n2[C@H]1c1ccccc1OC(C)C. The number of hydrogen-bond acceptors (Lipinski definition) is 10. The first-order valence-electron chi connectivity index (χ1n) is 15.3. The molecule has 3 aromatic carbocycles. The molecule has 5 rings (SSSR count). The minimum atomic E-state index is -0.843. The van der Waals surface area contributed by atoms with Gasteiger partial charge in [0.05, 0.1) is 45.1 Å². The molecule has 1 aliphatic heterocycles. The average Bonchev–Trinajstić information content (AvgIpc) is 3.34. The number of para-hydroxylation sites is 1. The Hall–Kier alpha value is -4.94. The van der Waals surface area contributed by atoms with Crippen molar-refractivity contribution in [2.75, 3.05) is 13.2 Å². The molecular weight excluding hydrogens is 658 g/mol. The van der Waals surface area contributed by atoms with E-state index in [0.29, 0.717) is 49.8 Å². The topological polar surface area (TPSA) is 131 Å². The number of aromatic nitrogens is 1. The van der Waals surface area contributed by atoms with Gasteiger partial charge in [-0.1, -0.05) is 53.3 Å². The summed E-state index contributed by atoms with van der Waals surface area (Å²) in [6.45, 7) is 9.55. The fourth-order valence-corrected chi connectivity index (χ4v) is 6.61. The van der Waals surface area contributed by atoms with Crippen LogP contribution in [0, 0.1) is 10.1 Å². The van der Waals surface area contributed by atoms with Crippen molar-refractivity contribution in [3.63, 3.8) is 0 Å². The maximum absolute atomic E-state index is 14.2. The Morgan fingerprint density at radius 2 is 1.85 bits per heavy atom. The number of carbonyl (C=O) groups excluding carboxylic acids is 1. The van der Waals surface area contributed by atoms with E-state index < -0.39 is 16.9 Å². The van der Waals surface area contributed by atoms with Crippen molar-refractivity contribution in [1.29, 1.82) is 0 Å². The number of nitro benzene ring substituents is 1. The third kappa shape index (κ3) is 7.29. The smallest absolute Gasteiger partial charge is 0.338 e. The highest BCUT2D eigenvalue weighted by atomic mass is 35.5. The molecule has 250 valence electrons. The van der Waals surface area contributed by atoms with E-state index in [0.717, 1.165) is 0 Å². The summed E-state index contributed by atoms with van der Waals surface area (Å²) in [6, 6.07) is 15.9. The maximum atomic E-state index is 14.2. The summed E-state index contributed by atoms with van der Waals surface area (Å²) in [5.74, 6) is 0.580. The number of carbonyl (C=O) groups is 1. The van der Waals surface area contributed by atoms with Crippen molar-refractivity contribution in [3.8, 4) is 17.2 Å². The van der Waals surface area contributed by atoms with Crippen molar-refractivity contribution in [1.82, 2.24) is 4.57 Å². The van der Waals surface area contributed by atoms with Gasteiger partial charge in [0.2, 0.25) is 0 Å². The molecule has 13 heteroatoms. The van der Waals surface area contributed by atoms with E-state index in [9.17, 15) is 19.7 Å².